The number of nitrogens with zero attached hydrogens (tertiary/aromatic N) is 1. The molecule has 1 aromatic carbocycles. The van der Waals surface area contributed by atoms with E-state index in [2.05, 4.69) is 0 Å². The summed E-state index contributed by atoms with van der Waals surface area (Å²) in [5.74, 6) is -0.372. The normalized spacial score (nSPS) is 9.93. The Morgan fingerprint density at radius 3 is 2.50 bits per heavy atom. The molecule has 3 heteroatoms. The number of hydrogen-bond acceptors (Lipinski definition) is 2. The second kappa shape index (κ2) is 4.74. The number of carbonyl (C=O) groups is 1. The lowest BCUT2D eigenvalue weighted by Crippen LogP contribution is -2.23. The van der Waals surface area contributed by atoms with Crippen molar-refractivity contribution in [3.05, 3.63) is 29.6 Å². The van der Waals surface area contributed by atoms with Crippen molar-refractivity contribution in [2.75, 3.05) is 18.0 Å². The van der Waals surface area contributed by atoms with Crippen molar-refractivity contribution in [2.45, 2.75) is 13.8 Å². The van der Waals surface area contributed by atoms with E-state index in [1.165, 1.54) is 12.1 Å². The Morgan fingerprint density at radius 1 is 1.36 bits per heavy atom. The summed E-state index contributed by atoms with van der Waals surface area (Å²) in [6, 6.07) is 4.29. The monoisotopic (exact) mass is 195 g/mol. The van der Waals surface area contributed by atoms with E-state index in [4.69, 9.17) is 0 Å². The van der Waals surface area contributed by atoms with Crippen molar-refractivity contribution >= 4 is 12.0 Å². The zero-order valence-electron chi connectivity index (χ0n) is 8.46. The molecule has 0 aromatic heterocycles. The van der Waals surface area contributed by atoms with Gasteiger partial charge in [-0.15, -0.1) is 0 Å². The minimum Gasteiger partial charge on any atom is -0.372 e. The Kier molecular flexibility index (Phi) is 3.63. The van der Waals surface area contributed by atoms with Crippen LogP contribution < -0.4 is 4.90 Å². The molecule has 0 aliphatic heterocycles. The molecule has 0 fully saturated rings. The summed E-state index contributed by atoms with van der Waals surface area (Å²) in [5, 5.41) is 0. The van der Waals surface area contributed by atoms with Crippen LogP contribution in [0.1, 0.15) is 24.2 Å². The van der Waals surface area contributed by atoms with E-state index in [1.54, 1.807) is 6.07 Å². The van der Waals surface area contributed by atoms with Gasteiger partial charge in [-0.1, -0.05) is 0 Å². The molecule has 0 amide bonds. The number of carbonyl (C=O) groups excluding carboxylic acids is 1. The van der Waals surface area contributed by atoms with Crippen LogP contribution in [-0.2, 0) is 0 Å². The maximum Gasteiger partial charge on any atom is 0.152 e. The number of anilines is 1. The molecular formula is C11H14FNO. The van der Waals surface area contributed by atoms with Crippen LogP contribution in [0.3, 0.4) is 0 Å². The van der Waals surface area contributed by atoms with Gasteiger partial charge in [0.05, 0.1) is 0 Å². The molecule has 0 radical (unpaired) electrons. The van der Waals surface area contributed by atoms with E-state index >= 15 is 0 Å². The minimum absolute atomic E-state index is 0.372. The molecule has 0 aliphatic rings. The molecule has 1 rings (SSSR count). The Bertz CT molecular complexity index is 321. The molecule has 0 N–H and O–H groups in total. The number of halogens is 1. The molecular weight excluding hydrogens is 181 g/mol. The topological polar surface area (TPSA) is 20.3 Å². The summed E-state index contributed by atoms with van der Waals surface area (Å²) < 4.78 is 12.8. The number of aldehydes is 1. The second-order valence-electron chi connectivity index (χ2n) is 2.99. The molecule has 0 saturated carbocycles. The molecule has 2 nitrogen and oxygen atoms in total. The number of benzene rings is 1. The van der Waals surface area contributed by atoms with Gasteiger partial charge in [0.1, 0.15) is 5.82 Å². The predicted octanol–water partition coefficient (Wildman–Crippen LogP) is 2.48. The Balaban J connectivity index is 3.12. The van der Waals surface area contributed by atoms with E-state index in [-0.39, 0.29) is 5.82 Å². The van der Waals surface area contributed by atoms with Gasteiger partial charge in [-0.25, -0.2) is 4.39 Å². The first-order valence-corrected chi connectivity index (χ1v) is 4.72. The van der Waals surface area contributed by atoms with Gasteiger partial charge in [0.2, 0.25) is 0 Å². The highest BCUT2D eigenvalue weighted by Crippen LogP contribution is 2.19. The van der Waals surface area contributed by atoms with Crippen molar-refractivity contribution in [1.29, 1.82) is 0 Å². The Hall–Kier alpha value is -1.38. The van der Waals surface area contributed by atoms with Crippen LogP contribution in [-0.4, -0.2) is 19.4 Å². The second-order valence-corrected chi connectivity index (χ2v) is 2.99. The van der Waals surface area contributed by atoms with Gasteiger partial charge in [0, 0.05) is 24.3 Å². The average molecular weight is 195 g/mol. The third-order valence-corrected chi connectivity index (χ3v) is 2.22. The summed E-state index contributed by atoms with van der Waals surface area (Å²) in [7, 11) is 0. The molecule has 0 spiro atoms. The van der Waals surface area contributed by atoms with Crippen LogP contribution in [0, 0.1) is 5.82 Å². The van der Waals surface area contributed by atoms with E-state index in [1.807, 2.05) is 18.7 Å². The van der Waals surface area contributed by atoms with Crippen LogP contribution >= 0.6 is 0 Å². The van der Waals surface area contributed by atoms with Crippen LogP contribution in [0.2, 0.25) is 0 Å². The summed E-state index contributed by atoms with van der Waals surface area (Å²) in [6.45, 7) is 5.62. The smallest absolute Gasteiger partial charge is 0.152 e. The zero-order valence-corrected chi connectivity index (χ0v) is 8.46. The van der Waals surface area contributed by atoms with E-state index in [0.29, 0.717) is 11.8 Å². The van der Waals surface area contributed by atoms with Gasteiger partial charge in [-0.05, 0) is 32.0 Å². The first kappa shape index (κ1) is 10.7. The lowest BCUT2D eigenvalue weighted by molar-refractivity contribution is 0.112. The van der Waals surface area contributed by atoms with E-state index in [9.17, 15) is 9.18 Å². The third-order valence-electron chi connectivity index (χ3n) is 2.22. The van der Waals surface area contributed by atoms with Gasteiger partial charge >= 0.3 is 0 Å². The summed E-state index contributed by atoms with van der Waals surface area (Å²) in [6.07, 6.45) is 0.691. The molecule has 1 aromatic rings. The lowest BCUT2D eigenvalue weighted by Gasteiger charge is -2.22. The van der Waals surface area contributed by atoms with Crippen molar-refractivity contribution in [2.24, 2.45) is 0 Å². The van der Waals surface area contributed by atoms with Gasteiger partial charge < -0.3 is 4.90 Å². The molecule has 76 valence electrons. The van der Waals surface area contributed by atoms with Gasteiger partial charge in [0.15, 0.2) is 6.29 Å². The lowest BCUT2D eigenvalue weighted by atomic mass is 10.1. The van der Waals surface area contributed by atoms with Crippen LogP contribution in [0.25, 0.3) is 0 Å². The molecule has 0 saturated heterocycles. The predicted molar refractivity (Wildman–Crippen MR) is 55.3 cm³/mol. The van der Waals surface area contributed by atoms with Crippen molar-refractivity contribution in [1.82, 2.24) is 0 Å². The summed E-state index contributed by atoms with van der Waals surface area (Å²) in [5.41, 5.74) is 1.21. The number of rotatable bonds is 4. The molecule has 0 bridgehead atoms. The highest BCUT2D eigenvalue weighted by atomic mass is 19.1. The first-order chi connectivity index (χ1) is 6.72. The third kappa shape index (κ3) is 2.10. The summed E-state index contributed by atoms with van der Waals surface area (Å²) >= 11 is 0. The molecule has 14 heavy (non-hydrogen) atoms. The largest absolute Gasteiger partial charge is 0.372 e. The molecule has 0 aliphatic carbocycles. The first-order valence-electron chi connectivity index (χ1n) is 4.72. The highest BCUT2D eigenvalue weighted by Gasteiger charge is 2.08. The fourth-order valence-corrected chi connectivity index (χ4v) is 1.47. The fraction of sp³-hybridized carbons (Fsp3) is 0.364. The maximum atomic E-state index is 12.8. The Labute approximate surface area is 83.3 Å². The zero-order chi connectivity index (χ0) is 10.6. The maximum absolute atomic E-state index is 12.8. The standard InChI is InChI=1S/C11H14FNO/c1-3-13(4-2)11-6-5-10(12)7-9(11)8-14/h5-8H,3-4H2,1-2H3. The van der Waals surface area contributed by atoms with Crippen molar-refractivity contribution < 1.29 is 9.18 Å². The SMILES string of the molecule is CCN(CC)c1ccc(F)cc1C=O. The highest BCUT2D eigenvalue weighted by molar-refractivity contribution is 5.84. The average Bonchev–Trinajstić information content (AvgIpc) is 2.21. The van der Waals surface area contributed by atoms with Crippen LogP contribution in [0.15, 0.2) is 18.2 Å². The van der Waals surface area contributed by atoms with Crippen molar-refractivity contribution in [3.63, 3.8) is 0 Å². The van der Waals surface area contributed by atoms with Gasteiger partial charge in [0.25, 0.3) is 0 Å². The Morgan fingerprint density at radius 2 is 2.00 bits per heavy atom. The van der Waals surface area contributed by atoms with Gasteiger partial charge in [-0.3, -0.25) is 4.79 Å². The fourth-order valence-electron chi connectivity index (χ4n) is 1.47. The molecule has 0 atom stereocenters. The van der Waals surface area contributed by atoms with Crippen LogP contribution in [0.5, 0.6) is 0 Å². The molecule has 0 heterocycles. The molecule has 0 unspecified atom stereocenters. The van der Waals surface area contributed by atoms with Crippen LogP contribution in [0.4, 0.5) is 10.1 Å². The summed E-state index contributed by atoms with van der Waals surface area (Å²) in [4.78, 5) is 12.7. The van der Waals surface area contributed by atoms with E-state index < -0.39 is 0 Å². The minimum atomic E-state index is -0.372. The van der Waals surface area contributed by atoms with Gasteiger partial charge in [-0.2, -0.15) is 0 Å². The van der Waals surface area contributed by atoms with Crippen molar-refractivity contribution in [3.8, 4) is 0 Å². The quantitative estimate of drug-likeness (QED) is 0.688. The van der Waals surface area contributed by atoms with E-state index in [0.717, 1.165) is 18.8 Å². The number of hydrogen-bond donors (Lipinski definition) is 0.